The zero-order chi connectivity index (χ0) is 11.5. The van der Waals surface area contributed by atoms with Crippen LogP contribution in [0.1, 0.15) is 41.5 Å². The molecule has 0 amide bonds. The van der Waals surface area contributed by atoms with Crippen LogP contribution in [0, 0.1) is 25.7 Å². The van der Waals surface area contributed by atoms with Crippen LogP contribution in [0.2, 0.25) is 0 Å². The molecule has 2 heteroatoms. The SMILES string of the molecule is Cc1cc(CNCC2CCCC2C)c(C)s1. The van der Waals surface area contributed by atoms with Gasteiger partial charge in [-0.2, -0.15) is 0 Å². The Bertz CT molecular complexity index is 343. The fourth-order valence-electron chi connectivity index (χ4n) is 2.78. The van der Waals surface area contributed by atoms with Crippen molar-refractivity contribution >= 4 is 11.3 Å². The highest BCUT2D eigenvalue weighted by Crippen LogP contribution is 2.30. The molecule has 1 saturated carbocycles. The molecule has 0 saturated heterocycles. The summed E-state index contributed by atoms with van der Waals surface area (Å²) in [6.07, 6.45) is 4.29. The van der Waals surface area contributed by atoms with Gasteiger partial charge in [0.25, 0.3) is 0 Å². The van der Waals surface area contributed by atoms with Crippen LogP contribution >= 0.6 is 11.3 Å². The lowest BCUT2D eigenvalue weighted by Crippen LogP contribution is -2.23. The predicted molar refractivity (Wildman–Crippen MR) is 72.0 cm³/mol. The summed E-state index contributed by atoms with van der Waals surface area (Å²) >= 11 is 1.91. The van der Waals surface area contributed by atoms with Crippen LogP contribution in [0.15, 0.2) is 6.07 Å². The topological polar surface area (TPSA) is 12.0 Å². The first-order valence-corrected chi connectivity index (χ1v) is 7.25. The first kappa shape index (κ1) is 12.1. The first-order valence-electron chi connectivity index (χ1n) is 6.43. The standard InChI is InChI=1S/C14H23NS/c1-10-5-4-6-13(10)8-15-9-14-7-11(2)16-12(14)3/h7,10,13,15H,4-6,8-9H2,1-3H3. The second-order valence-corrected chi connectivity index (χ2v) is 6.70. The molecule has 1 heterocycles. The van der Waals surface area contributed by atoms with Gasteiger partial charge in [0.1, 0.15) is 0 Å². The zero-order valence-electron chi connectivity index (χ0n) is 10.7. The van der Waals surface area contributed by atoms with E-state index in [9.17, 15) is 0 Å². The molecule has 16 heavy (non-hydrogen) atoms. The number of rotatable bonds is 4. The van der Waals surface area contributed by atoms with Crippen LogP contribution < -0.4 is 5.32 Å². The summed E-state index contributed by atoms with van der Waals surface area (Å²) in [5, 5.41) is 3.63. The molecule has 1 fully saturated rings. The van der Waals surface area contributed by atoms with Crippen molar-refractivity contribution in [2.75, 3.05) is 6.54 Å². The van der Waals surface area contributed by atoms with E-state index in [1.807, 2.05) is 11.3 Å². The zero-order valence-corrected chi connectivity index (χ0v) is 11.5. The Hall–Kier alpha value is -0.340. The van der Waals surface area contributed by atoms with E-state index >= 15 is 0 Å². The van der Waals surface area contributed by atoms with Crippen molar-refractivity contribution in [1.82, 2.24) is 5.32 Å². The Kier molecular flexibility index (Phi) is 4.04. The van der Waals surface area contributed by atoms with Gasteiger partial charge < -0.3 is 5.32 Å². The maximum Gasteiger partial charge on any atom is 0.0216 e. The number of hydrogen-bond acceptors (Lipinski definition) is 2. The summed E-state index contributed by atoms with van der Waals surface area (Å²) in [5.41, 5.74) is 1.49. The molecule has 0 aromatic carbocycles. The van der Waals surface area contributed by atoms with E-state index in [1.54, 1.807) is 0 Å². The summed E-state index contributed by atoms with van der Waals surface area (Å²) in [4.78, 5) is 2.91. The van der Waals surface area contributed by atoms with Crippen molar-refractivity contribution in [3.63, 3.8) is 0 Å². The smallest absolute Gasteiger partial charge is 0.0216 e. The lowest BCUT2D eigenvalue weighted by molar-refractivity contribution is 0.392. The molecule has 0 radical (unpaired) electrons. The summed E-state index contributed by atoms with van der Waals surface area (Å²) < 4.78 is 0. The van der Waals surface area contributed by atoms with Crippen LogP contribution in [-0.4, -0.2) is 6.54 Å². The van der Waals surface area contributed by atoms with Crippen molar-refractivity contribution in [2.24, 2.45) is 11.8 Å². The number of thiophene rings is 1. The van der Waals surface area contributed by atoms with Gasteiger partial charge in [-0.3, -0.25) is 0 Å². The van der Waals surface area contributed by atoms with E-state index in [0.717, 1.165) is 18.4 Å². The van der Waals surface area contributed by atoms with Crippen LogP contribution in [0.4, 0.5) is 0 Å². The maximum atomic E-state index is 3.63. The molecule has 0 aliphatic heterocycles. The normalized spacial score (nSPS) is 25.2. The van der Waals surface area contributed by atoms with Gasteiger partial charge in [0.2, 0.25) is 0 Å². The Morgan fingerprint density at radius 3 is 2.75 bits per heavy atom. The van der Waals surface area contributed by atoms with Crippen LogP contribution in [0.5, 0.6) is 0 Å². The van der Waals surface area contributed by atoms with Crippen LogP contribution in [0.3, 0.4) is 0 Å². The number of aryl methyl sites for hydroxylation is 2. The second kappa shape index (κ2) is 5.33. The van der Waals surface area contributed by atoms with Crippen LogP contribution in [0.25, 0.3) is 0 Å². The van der Waals surface area contributed by atoms with Crippen molar-refractivity contribution < 1.29 is 0 Å². The number of hydrogen-bond donors (Lipinski definition) is 1. The molecule has 1 aromatic rings. The molecular weight excluding hydrogens is 214 g/mol. The Morgan fingerprint density at radius 1 is 1.38 bits per heavy atom. The van der Waals surface area contributed by atoms with Crippen LogP contribution in [-0.2, 0) is 6.54 Å². The second-order valence-electron chi connectivity index (χ2n) is 5.24. The molecule has 0 spiro atoms. The summed E-state index contributed by atoms with van der Waals surface area (Å²) in [6.45, 7) is 9.08. The van der Waals surface area contributed by atoms with Gasteiger partial charge in [0.15, 0.2) is 0 Å². The Balaban J connectivity index is 1.77. The minimum Gasteiger partial charge on any atom is -0.312 e. The van der Waals surface area contributed by atoms with E-state index in [2.05, 4.69) is 32.2 Å². The van der Waals surface area contributed by atoms with Crippen molar-refractivity contribution in [3.05, 3.63) is 21.4 Å². The molecule has 1 aliphatic rings. The molecular formula is C14H23NS. The van der Waals surface area contributed by atoms with Gasteiger partial charge >= 0.3 is 0 Å². The quantitative estimate of drug-likeness (QED) is 0.837. The van der Waals surface area contributed by atoms with Crippen molar-refractivity contribution in [1.29, 1.82) is 0 Å². The van der Waals surface area contributed by atoms with Gasteiger partial charge in [-0.15, -0.1) is 11.3 Å². The lowest BCUT2D eigenvalue weighted by atomic mass is 9.98. The largest absolute Gasteiger partial charge is 0.312 e. The predicted octanol–water partition coefficient (Wildman–Crippen LogP) is 3.89. The van der Waals surface area contributed by atoms with Gasteiger partial charge in [-0.25, -0.2) is 0 Å². The average Bonchev–Trinajstić information content (AvgIpc) is 2.75. The fourth-order valence-corrected chi connectivity index (χ4v) is 3.72. The van der Waals surface area contributed by atoms with E-state index < -0.39 is 0 Å². The molecule has 1 nitrogen and oxygen atoms in total. The lowest BCUT2D eigenvalue weighted by Gasteiger charge is -2.15. The van der Waals surface area contributed by atoms with E-state index in [-0.39, 0.29) is 0 Å². The summed E-state index contributed by atoms with van der Waals surface area (Å²) in [7, 11) is 0. The molecule has 1 N–H and O–H groups in total. The van der Waals surface area contributed by atoms with Gasteiger partial charge in [-0.05, 0) is 50.3 Å². The number of nitrogens with one attached hydrogen (secondary N) is 1. The minimum absolute atomic E-state index is 0.917. The molecule has 2 atom stereocenters. The highest BCUT2D eigenvalue weighted by Gasteiger charge is 2.22. The third-order valence-electron chi connectivity index (χ3n) is 3.90. The molecule has 90 valence electrons. The fraction of sp³-hybridized carbons (Fsp3) is 0.714. The first-order chi connectivity index (χ1) is 7.66. The highest BCUT2D eigenvalue weighted by molar-refractivity contribution is 7.12. The van der Waals surface area contributed by atoms with E-state index in [4.69, 9.17) is 0 Å². The molecule has 2 unspecified atom stereocenters. The highest BCUT2D eigenvalue weighted by atomic mass is 32.1. The molecule has 1 aliphatic carbocycles. The van der Waals surface area contributed by atoms with Crippen molar-refractivity contribution in [3.8, 4) is 0 Å². The summed E-state index contributed by atoms with van der Waals surface area (Å²) in [6, 6.07) is 2.32. The van der Waals surface area contributed by atoms with Gasteiger partial charge in [0, 0.05) is 16.3 Å². The molecule has 0 bridgehead atoms. The third-order valence-corrected chi connectivity index (χ3v) is 4.91. The van der Waals surface area contributed by atoms with Crippen molar-refractivity contribution in [2.45, 2.75) is 46.6 Å². The van der Waals surface area contributed by atoms with Gasteiger partial charge in [-0.1, -0.05) is 19.8 Å². The monoisotopic (exact) mass is 237 g/mol. The Labute approximate surface area is 103 Å². The van der Waals surface area contributed by atoms with E-state index in [1.165, 1.54) is 41.1 Å². The molecule has 1 aromatic heterocycles. The average molecular weight is 237 g/mol. The van der Waals surface area contributed by atoms with E-state index in [0.29, 0.717) is 0 Å². The minimum atomic E-state index is 0.917. The van der Waals surface area contributed by atoms with Gasteiger partial charge in [0.05, 0.1) is 0 Å². The summed E-state index contributed by atoms with van der Waals surface area (Å²) in [5.74, 6) is 1.85. The molecule has 2 rings (SSSR count). The maximum absolute atomic E-state index is 3.63. The third kappa shape index (κ3) is 2.86. The Morgan fingerprint density at radius 2 is 2.19 bits per heavy atom.